The van der Waals surface area contributed by atoms with Crippen LogP contribution >= 0.6 is 0 Å². The average molecular weight is 481 g/mol. The molecule has 2 aliphatic rings. The molecule has 5 rings (SSSR count). The highest BCUT2D eigenvalue weighted by Gasteiger charge is 2.19. The van der Waals surface area contributed by atoms with Crippen molar-refractivity contribution >= 4 is 23.2 Å². The highest BCUT2D eigenvalue weighted by Crippen LogP contribution is 2.25. The molecular weight excluding hydrogens is 452 g/mol. The number of nitrogens with zero attached hydrogens (tertiary/aromatic N) is 4. The summed E-state index contributed by atoms with van der Waals surface area (Å²) in [6.07, 6.45) is 1.03. The number of likely N-dealkylation sites (N-methyl/N-ethyl adjacent to an activating group) is 1. The van der Waals surface area contributed by atoms with E-state index in [9.17, 15) is 9.59 Å². The van der Waals surface area contributed by atoms with Crippen molar-refractivity contribution in [2.24, 2.45) is 15.4 Å². The van der Waals surface area contributed by atoms with Crippen molar-refractivity contribution in [3.63, 3.8) is 0 Å². The van der Waals surface area contributed by atoms with Gasteiger partial charge in [-0.2, -0.15) is 5.11 Å². The second-order valence-corrected chi connectivity index (χ2v) is 9.28. The zero-order valence-electron chi connectivity index (χ0n) is 20.4. The monoisotopic (exact) mass is 480 g/mol. The van der Waals surface area contributed by atoms with Crippen LogP contribution in [0.25, 0.3) is 0 Å². The van der Waals surface area contributed by atoms with E-state index in [-0.39, 0.29) is 17.9 Å². The Morgan fingerprint density at radius 3 is 2.58 bits per heavy atom. The largest absolute Gasteiger partial charge is 0.348 e. The van der Waals surface area contributed by atoms with Gasteiger partial charge in [0.1, 0.15) is 6.04 Å². The molecule has 0 aromatic heterocycles. The van der Waals surface area contributed by atoms with Crippen LogP contribution in [0, 0.1) is 0 Å². The lowest BCUT2D eigenvalue weighted by atomic mass is 9.99. The van der Waals surface area contributed by atoms with E-state index in [0.29, 0.717) is 17.7 Å². The van der Waals surface area contributed by atoms with Crippen molar-refractivity contribution in [2.45, 2.75) is 32.5 Å². The Balaban J connectivity index is 1.19. The van der Waals surface area contributed by atoms with Crippen LogP contribution in [0.1, 0.15) is 55.9 Å². The van der Waals surface area contributed by atoms with Crippen molar-refractivity contribution in [3.8, 4) is 0 Å². The summed E-state index contributed by atoms with van der Waals surface area (Å²) in [4.78, 5) is 27.8. The van der Waals surface area contributed by atoms with Gasteiger partial charge in [0.2, 0.25) is 0 Å². The molecule has 8 nitrogen and oxygen atoms in total. The van der Waals surface area contributed by atoms with Gasteiger partial charge in [-0.15, -0.1) is 5.10 Å². The molecule has 0 saturated heterocycles. The molecular formula is C28H28N6O2. The summed E-state index contributed by atoms with van der Waals surface area (Å²) in [6.45, 7) is 4.13. The Hall–Kier alpha value is -4.17. The van der Waals surface area contributed by atoms with Gasteiger partial charge in [0.15, 0.2) is 0 Å². The molecule has 0 radical (unpaired) electrons. The van der Waals surface area contributed by atoms with Gasteiger partial charge in [0, 0.05) is 36.4 Å². The molecule has 0 spiro atoms. The summed E-state index contributed by atoms with van der Waals surface area (Å²) >= 11 is 0. The number of fused-ring (bicyclic) bond motifs is 1. The Morgan fingerprint density at radius 1 is 0.972 bits per heavy atom. The van der Waals surface area contributed by atoms with Crippen molar-refractivity contribution in [1.29, 1.82) is 0 Å². The number of rotatable bonds is 6. The van der Waals surface area contributed by atoms with Crippen molar-refractivity contribution < 1.29 is 9.59 Å². The molecule has 2 amide bonds. The van der Waals surface area contributed by atoms with E-state index in [2.05, 4.69) is 50.2 Å². The second kappa shape index (κ2) is 10.2. The Bertz CT molecular complexity index is 1360. The number of hydrogen-bond acceptors (Lipinski definition) is 6. The number of nitrogens with one attached hydrogen (secondary N) is 2. The van der Waals surface area contributed by atoms with Crippen LogP contribution in [0.4, 0.5) is 5.69 Å². The summed E-state index contributed by atoms with van der Waals surface area (Å²) in [6, 6.07) is 20.5. The van der Waals surface area contributed by atoms with E-state index in [1.165, 1.54) is 11.1 Å². The molecule has 2 aliphatic heterocycles. The zero-order chi connectivity index (χ0) is 25.1. The van der Waals surface area contributed by atoms with E-state index < -0.39 is 0 Å². The van der Waals surface area contributed by atoms with Crippen LogP contribution in [0.3, 0.4) is 0 Å². The van der Waals surface area contributed by atoms with Crippen molar-refractivity contribution in [1.82, 2.24) is 10.2 Å². The van der Waals surface area contributed by atoms with Crippen LogP contribution < -0.4 is 10.6 Å². The predicted octanol–water partition coefficient (Wildman–Crippen LogP) is 4.74. The van der Waals surface area contributed by atoms with Crippen LogP contribution in [-0.4, -0.2) is 36.0 Å². The van der Waals surface area contributed by atoms with Crippen LogP contribution in [-0.2, 0) is 19.5 Å². The summed E-state index contributed by atoms with van der Waals surface area (Å²) in [5.74, 6) is -0.361. The van der Waals surface area contributed by atoms with Gasteiger partial charge in [0.05, 0.1) is 5.71 Å². The van der Waals surface area contributed by atoms with Gasteiger partial charge in [-0.05, 0) is 84.3 Å². The number of carbonyl (C=O) groups excluding carboxylic acids is 2. The molecule has 0 saturated carbocycles. The first-order valence-electron chi connectivity index (χ1n) is 12.0. The van der Waals surface area contributed by atoms with E-state index in [1.54, 1.807) is 24.3 Å². The number of hydrogen-bond donors (Lipinski definition) is 2. The molecule has 2 heterocycles. The molecule has 36 heavy (non-hydrogen) atoms. The molecule has 1 unspecified atom stereocenters. The van der Waals surface area contributed by atoms with E-state index in [4.69, 9.17) is 0 Å². The minimum absolute atomic E-state index is 0.175. The highest BCUT2D eigenvalue weighted by molar-refractivity contribution is 6.04. The third-order valence-corrected chi connectivity index (χ3v) is 6.56. The van der Waals surface area contributed by atoms with Crippen LogP contribution in [0.5, 0.6) is 0 Å². The van der Waals surface area contributed by atoms with Gasteiger partial charge >= 0.3 is 0 Å². The normalized spacial score (nSPS) is 16.8. The Morgan fingerprint density at radius 2 is 1.81 bits per heavy atom. The minimum Gasteiger partial charge on any atom is -0.348 e. The lowest BCUT2D eigenvalue weighted by Crippen LogP contribution is -2.26. The maximum absolute atomic E-state index is 12.9. The second-order valence-electron chi connectivity index (χ2n) is 9.28. The first-order valence-corrected chi connectivity index (χ1v) is 12.0. The third kappa shape index (κ3) is 5.23. The van der Waals surface area contributed by atoms with Gasteiger partial charge < -0.3 is 15.5 Å². The first-order chi connectivity index (χ1) is 17.5. The lowest BCUT2D eigenvalue weighted by Gasteiger charge is -2.25. The molecule has 182 valence electrons. The van der Waals surface area contributed by atoms with Crippen LogP contribution in [0.2, 0.25) is 0 Å². The summed E-state index contributed by atoms with van der Waals surface area (Å²) < 4.78 is 0. The minimum atomic E-state index is -0.186. The molecule has 2 N–H and O–H groups in total. The smallest absolute Gasteiger partial charge is 0.255 e. The molecule has 0 aliphatic carbocycles. The Kier molecular flexibility index (Phi) is 6.69. The van der Waals surface area contributed by atoms with E-state index in [1.807, 2.05) is 37.3 Å². The maximum atomic E-state index is 12.9. The lowest BCUT2D eigenvalue weighted by molar-refractivity contribution is 0.0950. The fourth-order valence-corrected chi connectivity index (χ4v) is 4.50. The number of amides is 2. The summed E-state index contributed by atoms with van der Waals surface area (Å²) in [7, 11) is 2.10. The molecule has 3 aromatic carbocycles. The molecule has 8 heteroatoms. The third-order valence-electron chi connectivity index (χ3n) is 6.56. The Labute approximate surface area is 210 Å². The standard InChI is InChI=1S/C28H28N6O2/c1-18-26(32-33-31-18)21-6-8-22(9-7-21)27(35)29-16-19-4-3-5-23(14-19)28(36)30-25-11-10-20-12-13-34(2)17-24(20)15-25/h3-11,14-15,26H,12-13,16-17H2,1-2H3,(H,29,35)(H,30,36). The first kappa shape index (κ1) is 23.6. The SMILES string of the molecule is CC1=NN=NC1c1ccc(C(=O)NCc2cccc(C(=O)Nc3ccc4c(c3)CN(C)CC4)c2)cc1. The fourth-order valence-electron chi connectivity index (χ4n) is 4.50. The highest BCUT2D eigenvalue weighted by atomic mass is 16.2. The van der Waals surface area contributed by atoms with Crippen molar-refractivity contribution in [3.05, 3.63) is 100 Å². The van der Waals surface area contributed by atoms with Crippen LogP contribution in [0.15, 0.2) is 82.2 Å². The topological polar surface area (TPSA) is 98.5 Å². The predicted molar refractivity (Wildman–Crippen MR) is 139 cm³/mol. The zero-order valence-corrected chi connectivity index (χ0v) is 20.4. The molecule has 0 fully saturated rings. The number of benzene rings is 3. The number of anilines is 1. The van der Waals surface area contributed by atoms with Gasteiger partial charge in [-0.3, -0.25) is 9.59 Å². The summed E-state index contributed by atoms with van der Waals surface area (Å²) in [5, 5.41) is 17.7. The van der Waals surface area contributed by atoms with E-state index in [0.717, 1.165) is 42.0 Å². The summed E-state index contributed by atoms with van der Waals surface area (Å²) in [5.41, 5.74) is 7.09. The molecule has 1 atom stereocenters. The number of carbonyl (C=O) groups is 2. The molecule has 0 bridgehead atoms. The molecule has 3 aromatic rings. The van der Waals surface area contributed by atoms with Gasteiger partial charge in [0.25, 0.3) is 11.8 Å². The van der Waals surface area contributed by atoms with Crippen molar-refractivity contribution in [2.75, 3.05) is 18.9 Å². The van der Waals surface area contributed by atoms with E-state index >= 15 is 0 Å². The van der Waals surface area contributed by atoms with Gasteiger partial charge in [-0.1, -0.05) is 30.3 Å². The fraction of sp³-hybridized carbons (Fsp3) is 0.250. The van der Waals surface area contributed by atoms with Gasteiger partial charge in [-0.25, -0.2) is 0 Å². The maximum Gasteiger partial charge on any atom is 0.255 e. The average Bonchev–Trinajstić information content (AvgIpc) is 3.33. The quantitative estimate of drug-likeness (QED) is 0.533.